The molecule has 3 rings (SSSR count). The van der Waals surface area contributed by atoms with Crippen molar-refractivity contribution in [3.63, 3.8) is 0 Å². The number of carbonyl (C=O) groups is 2. The second kappa shape index (κ2) is 8.73. The third-order valence-corrected chi connectivity index (χ3v) is 4.85. The summed E-state index contributed by atoms with van der Waals surface area (Å²) in [6, 6.07) is 17.2. The van der Waals surface area contributed by atoms with Crippen LogP contribution in [0.4, 0.5) is 10.1 Å². The summed E-state index contributed by atoms with van der Waals surface area (Å²) in [7, 11) is 0. The lowest BCUT2D eigenvalue weighted by Gasteiger charge is -2.16. The SMILES string of the molecule is Cc1ccc(C)n1-c1ccc(NC(=O)CC(CC(=O)O)c2cccc(F)c2)cc1. The molecule has 3 aromatic rings. The van der Waals surface area contributed by atoms with Crippen molar-refractivity contribution in [3.05, 3.63) is 83.4 Å². The molecule has 0 spiro atoms. The lowest BCUT2D eigenvalue weighted by atomic mass is 9.92. The molecule has 0 aliphatic carbocycles. The van der Waals surface area contributed by atoms with E-state index in [-0.39, 0.29) is 18.7 Å². The standard InChI is InChI=1S/C23H23FN2O3/c1-15-6-7-16(2)26(15)21-10-8-20(9-11-21)25-22(27)13-18(14-23(28)29)17-4-3-5-19(24)12-17/h3-12,18H,13-14H2,1-2H3,(H,25,27)(H,28,29). The van der Waals surface area contributed by atoms with Gasteiger partial charge in [-0.25, -0.2) is 4.39 Å². The zero-order valence-corrected chi connectivity index (χ0v) is 16.4. The number of halogens is 1. The first kappa shape index (κ1) is 20.3. The number of aryl methyl sites for hydroxylation is 2. The molecule has 0 fully saturated rings. The average molecular weight is 394 g/mol. The maximum atomic E-state index is 13.5. The van der Waals surface area contributed by atoms with Crippen molar-refractivity contribution in [2.75, 3.05) is 5.32 Å². The number of amides is 1. The number of nitrogens with one attached hydrogen (secondary N) is 1. The Hall–Kier alpha value is -3.41. The van der Waals surface area contributed by atoms with Gasteiger partial charge in [0, 0.05) is 35.1 Å². The maximum absolute atomic E-state index is 13.5. The zero-order valence-electron chi connectivity index (χ0n) is 16.4. The van der Waals surface area contributed by atoms with Crippen molar-refractivity contribution < 1.29 is 19.1 Å². The highest BCUT2D eigenvalue weighted by atomic mass is 19.1. The van der Waals surface area contributed by atoms with Crippen molar-refractivity contribution in [2.24, 2.45) is 0 Å². The quantitative estimate of drug-likeness (QED) is 0.603. The highest BCUT2D eigenvalue weighted by Crippen LogP contribution is 2.25. The van der Waals surface area contributed by atoms with Gasteiger partial charge in [-0.2, -0.15) is 0 Å². The van der Waals surface area contributed by atoms with Gasteiger partial charge in [0.2, 0.25) is 5.91 Å². The van der Waals surface area contributed by atoms with E-state index in [1.165, 1.54) is 18.2 Å². The van der Waals surface area contributed by atoms with Crippen molar-refractivity contribution in [1.29, 1.82) is 0 Å². The third kappa shape index (κ3) is 5.10. The van der Waals surface area contributed by atoms with Gasteiger partial charge in [0.05, 0.1) is 6.42 Å². The summed E-state index contributed by atoms with van der Waals surface area (Å²) in [5.74, 6) is -2.41. The van der Waals surface area contributed by atoms with Gasteiger partial charge < -0.3 is 15.0 Å². The van der Waals surface area contributed by atoms with Crippen LogP contribution in [0.25, 0.3) is 5.69 Å². The molecule has 6 heteroatoms. The number of benzene rings is 2. The first-order valence-electron chi connectivity index (χ1n) is 9.36. The average Bonchev–Trinajstić information content (AvgIpc) is 3.00. The summed E-state index contributed by atoms with van der Waals surface area (Å²) in [5, 5.41) is 12.0. The molecule has 0 radical (unpaired) electrons. The normalized spacial score (nSPS) is 11.8. The topological polar surface area (TPSA) is 71.3 Å². The second-order valence-electron chi connectivity index (χ2n) is 7.10. The first-order valence-corrected chi connectivity index (χ1v) is 9.36. The van der Waals surface area contributed by atoms with Crippen LogP contribution in [0.1, 0.15) is 35.7 Å². The molecule has 150 valence electrons. The number of hydrogen-bond acceptors (Lipinski definition) is 2. The Labute approximate surface area is 168 Å². The number of aliphatic carboxylic acids is 1. The molecule has 1 aromatic heterocycles. The minimum absolute atomic E-state index is 0.0483. The van der Waals surface area contributed by atoms with Gasteiger partial charge in [-0.3, -0.25) is 9.59 Å². The van der Waals surface area contributed by atoms with Crippen LogP contribution < -0.4 is 5.32 Å². The largest absolute Gasteiger partial charge is 0.481 e. The van der Waals surface area contributed by atoms with Crippen LogP contribution in [0.5, 0.6) is 0 Å². The summed E-state index contributed by atoms with van der Waals surface area (Å²) in [6.45, 7) is 4.05. The van der Waals surface area contributed by atoms with E-state index in [0.717, 1.165) is 17.1 Å². The molecule has 0 aliphatic rings. The summed E-state index contributed by atoms with van der Waals surface area (Å²) < 4.78 is 15.6. The van der Waals surface area contributed by atoms with Gasteiger partial charge in [-0.1, -0.05) is 12.1 Å². The summed E-state index contributed by atoms with van der Waals surface area (Å²) in [5.41, 5.74) is 4.34. The van der Waals surface area contributed by atoms with Crippen LogP contribution in [0.15, 0.2) is 60.7 Å². The molecule has 1 amide bonds. The Morgan fingerprint density at radius 3 is 2.24 bits per heavy atom. The van der Waals surface area contributed by atoms with Gasteiger partial charge in [-0.15, -0.1) is 0 Å². The van der Waals surface area contributed by atoms with E-state index in [0.29, 0.717) is 11.3 Å². The Kier molecular flexibility index (Phi) is 6.12. The summed E-state index contributed by atoms with van der Waals surface area (Å²) in [4.78, 5) is 23.7. The minimum Gasteiger partial charge on any atom is -0.481 e. The molecule has 1 unspecified atom stereocenters. The Morgan fingerprint density at radius 1 is 1.00 bits per heavy atom. The fraction of sp³-hybridized carbons (Fsp3) is 0.217. The fourth-order valence-electron chi connectivity index (χ4n) is 3.48. The molecule has 2 N–H and O–H groups in total. The minimum atomic E-state index is -1.03. The number of carboxylic acids is 1. The molecular weight excluding hydrogens is 371 g/mol. The lowest BCUT2D eigenvalue weighted by molar-refractivity contribution is -0.137. The van der Waals surface area contributed by atoms with E-state index in [9.17, 15) is 14.0 Å². The van der Waals surface area contributed by atoms with Crippen LogP contribution in [-0.2, 0) is 9.59 Å². The molecule has 0 saturated carbocycles. The van der Waals surface area contributed by atoms with Crippen molar-refractivity contribution in [2.45, 2.75) is 32.6 Å². The van der Waals surface area contributed by atoms with Gasteiger partial charge in [0.1, 0.15) is 5.82 Å². The van der Waals surface area contributed by atoms with Gasteiger partial charge in [0.15, 0.2) is 0 Å². The smallest absolute Gasteiger partial charge is 0.303 e. The van der Waals surface area contributed by atoms with E-state index in [4.69, 9.17) is 5.11 Å². The lowest BCUT2D eigenvalue weighted by Crippen LogP contribution is -2.18. The van der Waals surface area contributed by atoms with Crippen LogP contribution >= 0.6 is 0 Å². The second-order valence-corrected chi connectivity index (χ2v) is 7.10. The highest BCUT2D eigenvalue weighted by Gasteiger charge is 2.20. The molecule has 0 saturated heterocycles. The number of anilines is 1. The first-order chi connectivity index (χ1) is 13.8. The number of nitrogens with zero attached hydrogens (tertiary/aromatic N) is 1. The van der Waals surface area contributed by atoms with E-state index in [2.05, 4.69) is 9.88 Å². The molecule has 29 heavy (non-hydrogen) atoms. The predicted molar refractivity (Wildman–Crippen MR) is 110 cm³/mol. The van der Waals surface area contributed by atoms with Crippen molar-refractivity contribution >= 4 is 17.6 Å². The maximum Gasteiger partial charge on any atom is 0.303 e. The molecule has 2 aromatic carbocycles. The number of carboxylic acid groups (broad SMARTS) is 1. The molecule has 0 aliphatic heterocycles. The van der Waals surface area contributed by atoms with Gasteiger partial charge in [-0.05, 0) is 67.9 Å². The van der Waals surface area contributed by atoms with Crippen LogP contribution in [-0.4, -0.2) is 21.6 Å². The van der Waals surface area contributed by atoms with Crippen LogP contribution in [0.3, 0.4) is 0 Å². The monoisotopic (exact) mass is 394 g/mol. The summed E-state index contributed by atoms with van der Waals surface area (Å²) in [6.07, 6.45) is -0.296. The van der Waals surface area contributed by atoms with E-state index in [1.807, 2.05) is 38.1 Å². The zero-order chi connectivity index (χ0) is 21.0. The highest BCUT2D eigenvalue weighted by molar-refractivity contribution is 5.91. The fourth-order valence-corrected chi connectivity index (χ4v) is 3.48. The van der Waals surface area contributed by atoms with Crippen molar-refractivity contribution in [1.82, 2.24) is 4.57 Å². The molecule has 0 bridgehead atoms. The molecule has 1 heterocycles. The number of hydrogen-bond donors (Lipinski definition) is 2. The van der Waals surface area contributed by atoms with Gasteiger partial charge >= 0.3 is 5.97 Å². The Morgan fingerprint density at radius 2 is 1.66 bits per heavy atom. The van der Waals surface area contributed by atoms with Crippen molar-refractivity contribution in [3.8, 4) is 5.69 Å². The number of carbonyl (C=O) groups excluding carboxylic acids is 1. The molecular formula is C23H23FN2O3. The van der Waals surface area contributed by atoms with Crippen LogP contribution in [0.2, 0.25) is 0 Å². The van der Waals surface area contributed by atoms with E-state index in [1.54, 1.807) is 18.2 Å². The third-order valence-electron chi connectivity index (χ3n) is 4.85. The Balaban J connectivity index is 1.70. The Bertz CT molecular complexity index is 1010. The van der Waals surface area contributed by atoms with Gasteiger partial charge in [0.25, 0.3) is 0 Å². The summed E-state index contributed by atoms with van der Waals surface area (Å²) >= 11 is 0. The van der Waals surface area contributed by atoms with E-state index < -0.39 is 17.7 Å². The predicted octanol–water partition coefficient (Wildman–Crippen LogP) is 4.82. The van der Waals surface area contributed by atoms with Crippen LogP contribution in [0, 0.1) is 19.7 Å². The number of aromatic nitrogens is 1. The number of rotatable bonds is 7. The molecule has 1 atom stereocenters. The molecule has 5 nitrogen and oxygen atoms in total. The van der Waals surface area contributed by atoms with E-state index >= 15 is 0 Å².